The van der Waals surface area contributed by atoms with E-state index in [0.29, 0.717) is 56.3 Å². The summed E-state index contributed by atoms with van der Waals surface area (Å²) in [5.41, 5.74) is 6.45. The predicted octanol–water partition coefficient (Wildman–Crippen LogP) is 14.6. The maximum atomic E-state index is 14.2. The fourth-order valence-electron chi connectivity index (χ4n) is 11.4. The van der Waals surface area contributed by atoms with Gasteiger partial charge in [0, 0.05) is 115 Å². The summed E-state index contributed by atoms with van der Waals surface area (Å²) in [4.78, 5) is 23.3. The lowest BCUT2D eigenvalue weighted by atomic mass is 9.95. The van der Waals surface area contributed by atoms with Crippen LogP contribution in [-0.4, -0.2) is 82.3 Å². The molecule has 6 aromatic carbocycles. The van der Waals surface area contributed by atoms with Crippen LogP contribution in [0.2, 0.25) is 0 Å². The molecule has 2 aliphatic rings. The molecule has 0 spiro atoms. The summed E-state index contributed by atoms with van der Waals surface area (Å²) in [6.45, 7) is 10.4. The van der Waals surface area contributed by atoms with Crippen molar-refractivity contribution in [2.45, 2.75) is 129 Å². The van der Waals surface area contributed by atoms with Crippen molar-refractivity contribution < 1.29 is 27.0 Å². The molecular formula is C62H70F4N10O2. The van der Waals surface area contributed by atoms with E-state index in [9.17, 15) is 17.6 Å². The first-order valence-electron chi connectivity index (χ1n) is 28.0. The number of hydrogen-bond donors (Lipinski definition) is 8. The second kappa shape index (κ2) is 23.1. The molecule has 12 nitrogen and oxygen atoms in total. The van der Waals surface area contributed by atoms with Gasteiger partial charge >= 0.3 is 0 Å². The van der Waals surface area contributed by atoms with Gasteiger partial charge in [-0.3, -0.25) is 9.98 Å². The fourth-order valence-corrected chi connectivity index (χ4v) is 11.4. The van der Waals surface area contributed by atoms with Crippen LogP contribution in [0.4, 0.5) is 17.6 Å². The molecule has 8 N–H and O–H groups in total. The van der Waals surface area contributed by atoms with Crippen LogP contribution in [0.25, 0.3) is 87.2 Å². The van der Waals surface area contributed by atoms with Crippen LogP contribution >= 0.6 is 0 Å². The third-order valence-electron chi connectivity index (χ3n) is 15.1. The summed E-state index contributed by atoms with van der Waals surface area (Å²) in [7, 11) is 0. The van der Waals surface area contributed by atoms with E-state index in [1.807, 2.05) is 12.1 Å². The highest BCUT2D eigenvalue weighted by Crippen LogP contribution is 2.43. The Morgan fingerprint density at radius 3 is 1.09 bits per heavy atom. The number of aliphatic imine (C=N–C) groups is 2. The fraction of sp³-hybridized carbons (Fsp3) is 0.387. The highest BCUT2D eigenvalue weighted by molar-refractivity contribution is 6.22. The molecule has 2 fully saturated rings. The Kier molecular flexibility index (Phi) is 15.6. The molecule has 0 unspecified atom stereocenters. The van der Waals surface area contributed by atoms with Crippen LogP contribution in [0.5, 0.6) is 11.5 Å². The van der Waals surface area contributed by atoms with Crippen molar-refractivity contribution in [3.05, 3.63) is 108 Å². The largest absolute Gasteiger partial charge is 0.489 e. The molecule has 16 heteroatoms. The second-order valence-electron chi connectivity index (χ2n) is 21.8. The van der Waals surface area contributed by atoms with Crippen molar-refractivity contribution in [3.8, 4) is 11.5 Å². The first-order chi connectivity index (χ1) is 37.9. The van der Waals surface area contributed by atoms with E-state index < -0.39 is 0 Å². The molecule has 10 aromatic rings. The van der Waals surface area contributed by atoms with E-state index in [4.69, 9.17) is 14.5 Å². The summed E-state index contributed by atoms with van der Waals surface area (Å²) < 4.78 is 69.4. The zero-order valence-electron chi connectivity index (χ0n) is 44.9. The van der Waals surface area contributed by atoms with Crippen LogP contribution < -0.4 is 30.7 Å². The molecule has 0 amide bonds. The lowest BCUT2D eigenvalue weighted by Gasteiger charge is -2.29. The Morgan fingerprint density at radius 2 is 0.769 bits per heavy atom. The number of aromatic amines is 4. The summed E-state index contributed by atoms with van der Waals surface area (Å²) in [6, 6.07) is 24.3. The number of guanidine groups is 2. The zero-order chi connectivity index (χ0) is 53.9. The van der Waals surface area contributed by atoms with Crippen LogP contribution in [0.3, 0.4) is 0 Å². The molecule has 0 bridgehead atoms. The van der Waals surface area contributed by atoms with Crippen molar-refractivity contribution in [1.29, 1.82) is 0 Å². The number of halogens is 4. The van der Waals surface area contributed by atoms with Gasteiger partial charge in [-0.2, -0.15) is 0 Å². The summed E-state index contributed by atoms with van der Waals surface area (Å²) >= 11 is 0. The van der Waals surface area contributed by atoms with Crippen molar-refractivity contribution >= 4 is 99.1 Å². The standard InChI is InChI=1S/C34H39F2N5O.C28H31F2N5O/c35-21-12-14-29-25(18-21)27-20-28-26-19-22(36)13-15-30(26)41-32(28)33(31(27)40-29)42-17-7-16-37-34(38-23-8-3-1-4-9-23)39-24-10-5-2-6-11-24;1-15(2)32-28(33-16(3)4)31-10-5-11-36-27-25-21(19-12-17(29)6-8-23(19)34-25)14-22-20-13-18(30)7-9-24(20)35-26(22)27/h12-15,18-20,23-24,40-41H,1-11,16-17H2,(H2,37,38,39);6-9,12-16,34-35H,5,10-11H2,1-4H3,(H2,31,32,33). The monoisotopic (exact) mass is 1060 g/mol. The summed E-state index contributed by atoms with van der Waals surface area (Å²) in [6.07, 6.45) is 14.0. The Balaban J connectivity index is 0.000000168. The Hall–Kier alpha value is -7.62. The van der Waals surface area contributed by atoms with Crippen LogP contribution in [-0.2, 0) is 0 Å². The average Bonchev–Trinajstić information content (AvgIpc) is 4.32. The topological polar surface area (TPSA) is 154 Å². The smallest absolute Gasteiger partial charge is 0.191 e. The maximum absolute atomic E-state index is 14.2. The highest BCUT2D eigenvalue weighted by Gasteiger charge is 2.22. The van der Waals surface area contributed by atoms with Gasteiger partial charge < -0.3 is 50.7 Å². The van der Waals surface area contributed by atoms with Crippen LogP contribution in [0.15, 0.2) is 94.9 Å². The summed E-state index contributed by atoms with van der Waals surface area (Å²) in [5, 5.41) is 20.6. The van der Waals surface area contributed by atoms with Crippen LogP contribution in [0, 0.1) is 23.3 Å². The predicted molar refractivity (Wildman–Crippen MR) is 312 cm³/mol. The minimum atomic E-state index is -0.311. The number of benzene rings is 6. The molecule has 0 aliphatic heterocycles. The normalized spacial score (nSPS) is 14.6. The van der Waals surface area contributed by atoms with Gasteiger partial charge in [0.15, 0.2) is 23.4 Å². The van der Waals surface area contributed by atoms with Gasteiger partial charge in [-0.25, -0.2) is 17.6 Å². The molecule has 0 radical (unpaired) electrons. The van der Waals surface area contributed by atoms with Gasteiger partial charge in [0.1, 0.15) is 23.3 Å². The lowest BCUT2D eigenvalue weighted by molar-refractivity contribution is 0.319. The third kappa shape index (κ3) is 11.5. The van der Waals surface area contributed by atoms with Gasteiger partial charge in [-0.15, -0.1) is 0 Å². The number of aromatic nitrogens is 4. The average molecular weight is 1060 g/mol. The second-order valence-corrected chi connectivity index (χ2v) is 21.8. The van der Waals surface area contributed by atoms with E-state index >= 15 is 0 Å². The molecule has 408 valence electrons. The van der Waals surface area contributed by atoms with Gasteiger partial charge in [-0.1, -0.05) is 38.5 Å². The highest BCUT2D eigenvalue weighted by atomic mass is 19.1. The lowest BCUT2D eigenvalue weighted by Crippen LogP contribution is -2.48. The molecule has 2 aliphatic carbocycles. The van der Waals surface area contributed by atoms with Crippen molar-refractivity contribution in [2.24, 2.45) is 9.98 Å². The van der Waals surface area contributed by atoms with E-state index in [1.54, 1.807) is 24.3 Å². The number of rotatable bonds is 14. The SMILES string of the molecule is CC(C)NC(=NCCCOc1c2[nH]c3ccc(F)cc3c2cc2c1[nH]c1ccc(F)cc12)NC(C)C.Fc1ccc2[nH]c3c(OCCCN=C(NC4CCCCC4)NC4CCCCC4)c4[nH]c5ccc(F)cc5c4cc3c2c1. The molecule has 4 heterocycles. The first-order valence-corrected chi connectivity index (χ1v) is 28.0. The Labute approximate surface area is 450 Å². The molecular weight excluding hydrogens is 993 g/mol. The minimum absolute atomic E-state index is 0.274. The van der Waals surface area contributed by atoms with E-state index in [-0.39, 0.29) is 35.4 Å². The molecule has 0 saturated heterocycles. The van der Waals surface area contributed by atoms with E-state index in [2.05, 4.69) is 73.9 Å². The summed E-state index contributed by atoms with van der Waals surface area (Å²) in [5.74, 6) is 1.81. The molecule has 78 heavy (non-hydrogen) atoms. The third-order valence-corrected chi connectivity index (χ3v) is 15.1. The van der Waals surface area contributed by atoms with Gasteiger partial charge in [0.25, 0.3) is 0 Å². The van der Waals surface area contributed by atoms with Gasteiger partial charge in [-0.05, 0) is 138 Å². The Bertz CT molecular complexity index is 3600. The zero-order valence-corrected chi connectivity index (χ0v) is 44.9. The first kappa shape index (κ1) is 52.4. The number of fused-ring (bicyclic) bond motifs is 12. The maximum Gasteiger partial charge on any atom is 0.191 e. The van der Waals surface area contributed by atoms with Gasteiger partial charge in [0.2, 0.25) is 0 Å². The van der Waals surface area contributed by atoms with Crippen molar-refractivity contribution in [2.75, 3.05) is 26.3 Å². The number of H-pyrrole nitrogens is 4. The number of hydrogen-bond acceptors (Lipinski definition) is 4. The van der Waals surface area contributed by atoms with E-state index in [1.165, 1.54) is 113 Å². The molecule has 12 rings (SSSR count). The number of ether oxygens (including phenoxy) is 2. The van der Waals surface area contributed by atoms with Crippen molar-refractivity contribution in [1.82, 2.24) is 41.2 Å². The van der Waals surface area contributed by atoms with E-state index in [0.717, 1.165) is 106 Å². The number of nitrogens with zero attached hydrogens (tertiary/aromatic N) is 2. The van der Waals surface area contributed by atoms with Crippen LogP contribution in [0.1, 0.15) is 105 Å². The molecule has 4 aromatic heterocycles. The van der Waals surface area contributed by atoms with Crippen molar-refractivity contribution in [3.63, 3.8) is 0 Å². The van der Waals surface area contributed by atoms with Gasteiger partial charge in [0.05, 0.1) is 35.3 Å². The Morgan fingerprint density at radius 1 is 0.449 bits per heavy atom. The molecule has 0 atom stereocenters. The minimum Gasteiger partial charge on any atom is -0.489 e. The quantitative estimate of drug-likeness (QED) is 0.0235. The molecule has 2 saturated carbocycles. The number of nitrogens with one attached hydrogen (secondary N) is 8.